The maximum absolute atomic E-state index is 0. The van der Waals surface area contributed by atoms with Crippen LogP contribution in [0.4, 0.5) is 4.70 Å². The number of hydrogen-bond acceptors (Lipinski definition) is 0. The summed E-state index contributed by atoms with van der Waals surface area (Å²) in [6, 6.07) is 0. The maximum Gasteiger partial charge on any atom is 0 e. The first-order chi connectivity index (χ1) is 0. The summed E-state index contributed by atoms with van der Waals surface area (Å²) in [7, 11) is 0. The van der Waals surface area contributed by atoms with Crippen LogP contribution in [0, 0.1) is 0 Å². The van der Waals surface area contributed by atoms with Gasteiger partial charge in [0.25, 0.3) is 0 Å². The van der Waals surface area contributed by atoms with E-state index < -0.39 is 0 Å². The highest BCUT2D eigenvalue weighted by Gasteiger charge is 0.00102. The van der Waals surface area contributed by atoms with Crippen LogP contribution in [-0.2, 0) is 0 Å². The molecule has 0 aromatic rings. The van der Waals surface area contributed by atoms with E-state index in [-0.39, 0.29) is 34.0 Å². The Morgan fingerprint density at radius 2 is 1.00 bits per heavy atom. The average Bonchev–Trinajstić information content (AvgIpc) is 0. The lowest BCUT2D eigenvalue weighted by Gasteiger charge is -0.269. The number of halogens is 1. The summed E-state index contributed by atoms with van der Waals surface area (Å²) in [4.78, 5) is 0. The molecule has 4 heavy (non-hydrogen) atoms. The summed E-state index contributed by atoms with van der Waals surface area (Å²) < 4.78 is 0. The van der Waals surface area contributed by atoms with Crippen LogP contribution < -0.4 is 0 Å². The van der Waals surface area contributed by atoms with Crippen molar-refractivity contribution in [3.8, 4) is 0 Å². The van der Waals surface area contributed by atoms with Gasteiger partial charge in [-0.05, 0) is 0 Å². The van der Waals surface area contributed by atoms with Crippen molar-refractivity contribution in [2.45, 2.75) is 0 Å². The van der Waals surface area contributed by atoms with Crippen LogP contribution in [0.25, 0.3) is 0 Å². The lowest BCUT2D eigenvalue weighted by Crippen LogP contribution is -0.382. The minimum atomic E-state index is 0. The Morgan fingerprint density at radius 3 is 1.00 bits per heavy atom. The molecule has 0 aromatic carbocycles. The molecular weight excluding hydrogens is 88.9 g/mol. The second-order valence-electron chi connectivity index (χ2n) is 0. The van der Waals surface area contributed by atoms with Gasteiger partial charge in [0.05, 0.1) is 0 Å². The average molecular weight is 92.9 g/mol. The van der Waals surface area contributed by atoms with Crippen LogP contribution in [0.1, 0.15) is 0 Å². The van der Waals surface area contributed by atoms with E-state index >= 15 is 0 Å². The van der Waals surface area contributed by atoms with E-state index in [2.05, 4.69) is 0 Å². The lowest BCUT2D eigenvalue weighted by atomic mass is 10.8. The van der Waals surface area contributed by atoms with Crippen LogP contribution in [0.5, 0.6) is 0 Å². The zero-order chi connectivity index (χ0) is 0. The van der Waals surface area contributed by atoms with Crippen LogP contribution in [0.2, 0.25) is 0 Å². The Bertz CT molecular complexity index is 8.00. The van der Waals surface area contributed by atoms with Gasteiger partial charge in [0.15, 0.2) is 0 Å². The largest absolute Gasteiger partial charge is 0.269 e. The maximum atomic E-state index is 0. The zero-order valence-corrected chi connectivity index (χ0v) is 4.61. The Hall–Kier alpha value is 0.642. The quantitative estimate of drug-likeness (QED) is 0.278. The van der Waals surface area contributed by atoms with Crippen molar-refractivity contribution >= 4 is 29.3 Å². The minimum absolute atomic E-state index is 0. The molecule has 1 unspecified atom stereocenters. The van der Waals surface area contributed by atoms with Crippen molar-refractivity contribution < 1.29 is 4.70 Å². The molecule has 4 heteroatoms. The Balaban J connectivity index is 0. The highest BCUT2D eigenvalue weighted by Crippen LogP contribution is 0.861. The van der Waals surface area contributed by atoms with E-state index in [9.17, 15) is 0 Å². The number of hydrogen-bond donors (Lipinski definition) is 0. The lowest BCUT2D eigenvalue weighted by molar-refractivity contribution is 1.11. The monoisotopic (exact) mass is 93.0 g/mol. The van der Waals surface area contributed by atoms with E-state index in [1.165, 1.54) is 0 Å². The summed E-state index contributed by atoms with van der Waals surface area (Å²) >= 11 is 0. The third-order valence-electron chi connectivity index (χ3n) is 0. The molecule has 0 nitrogen and oxygen atoms in total. The smallest absolute Gasteiger partial charge is 0 e. The van der Waals surface area contributed by atoms with Gasteiger partial charge in [0.2, 0.25) is 0 Å². The van der Waals surface area contributed by atoms with Gasteiger partial charge in [-0.15, -0.1) is 0 Å². The second kappa shape index (κ2) is 61.7. The fraction of sp³-hybridized carbons (Fsp3) is 0. The summed E-state index contributed by atoms with van der Waals surface area (Å²) in [6.45, 7) is 0. The summed E-state index contributed by atoms with van der Waals surface area (Å²) in [6.07, 6.45) is 0. The molecule has 0 saturated carbocycles. The van der Waals surface area contributed by atoms with Crippen molar-refractivity contribution in [1.82, 2.24) is 0 Å². The normalized spacial score (nSPS) is 0. The van der Waals surface area contributed by atoms with E-state index in [0.717, 1.165) is 0 Å². The summed E-state index contributed by atoms with van der Waals surface area (Å²) in [5.74, 6) is 0. The van der Waals surface area contributed by atoms with Gasteiger partial charge in [0, 0.05) is 19.4 Å². The predicted octanol–water partition coefficient (Wildman–Crippen LogP) is -0.551. The summed E-state index contributed by atoms with van der Waals surface area (Å²) in [5.41, 5.74) is 0. The molecule has 23 valence electrons. The van der Waals surface area contributed by atoms with Crippen LogP contribution >= 0.6 is 9.90 Å². The highest BCUT2D eigenvalue weighted by atomic mass is 31.0. The second-order valence-corrected chi connectivity index (χ2v) is 0. The first kappa shape index (κ1) is 149. The van der Waals surface area contributed by atoms with Crippen molar-refractivity contribution in [3.05, 3.63) is 0 Å². The zero-order valence-electron chi connectivity index (χ0n) is 2.19. The molecule has 0 aromatic heterocycles. The summed E-state index contributed by atoms with van der Waals surface area (Å²) in [5, 5.41) is 0. The van der Waals surface area contributed by atoms with Gasteiger partial charge in [-0.3, -0.25) is 4.70 Å². The van der Waals surface area contributed by atoms with Crippen molar-refractivity contribution in [3.63, 3.8) is 0 Å². The molecule has 0 bridgehead atoms. The van der Waals surface area contributed by atoms with E-state index in [4.69, 9.17) is 0 Å². The molecule has 0 saturated heterocycles. The Morgan fingerprint density at radius 1 is 1.00 bits per heavy atom. The van der Waals surface area contributed by atoms with E-state index in [0.29, 0.717) is 0 Å². The van der Waals surface area contributed by atoms with E-state index in [1.807, 2.05) is 0 Å². The third-order valence-corrected chi connectivity index (χ3v) is 0. The van der Waals surface area contributed by atoms with E-state index in [1.54, 1.807) is 0 Å². The van der Waals surface area contributed by atoms with Crippen molar-refractivity contribution in [1.29, 1.82) is 0 Å². The fourth-order valence-electron chi connectivity index (χ4n) is 0. The molecule has 0 aliphatic rings. The van der Waals surface area contributed by atoms with Gasteiger partial charge in [0.1, 0.15) is 0 Å². The van der Waals surface area contributed by atoms with Crippen molar-refractivity contribution in [2.75, 3.05) is 0 Å². The van der Waals surface area contributed by atoms with Gasteiger partial charge in [-0.1, -0.05) is 0 Å². The van der Waals surface area contributed by atoms with Gasteiger partial charge < -0.3 is 0 Å². The van der Waals surface area contributed by atoms with Gasteiger partial charge in [-0.2, -0.15) is 9.90 Å². The van der Waals surface area contributed by atoms with Gasteiger partial charge in [-0.25, -0.2) is 0 Å². The predicted molar refractivity (Wildman–Crippen MR) is 25.1 cm³/mol. The molecule has 0 aliphatic carbocycles. The number of rotatable bonds is 0. The molecule has 0 rings (SSSR count). The minimum Gasteiger partial charge on any atom is -0.269 e. The standard InChI is InChI=1S/B.FH.H3P.Si/h;1H;1H3;. The Labute approximate surface area is 34.9 Å². The molecule has 7 radical (unpaired) electrons. The third kappa shape index (κ3) is 17.3. The van der Waals surface area contributed by atoms with Crippen LogP contribution in [0.3, 0.4) is 0 Å². The SMILES string of the molecule is F.P.[B].[Si]. The Kier molecular flexibility index (Phi) is 2310. The molecule has 0 amide bonds. The first-order valence-electron chi connectivity index (χ1n) is 0. The molecule has 0 spiro atoms. The molecule has 0 fully saturated rings. The topological polar surface area (TPSA) is 0 Å². The highest BCUT2D eigenvalue weighted by molar-refractivity contribution is 6.92. The molecule has 1 atom stereocenters. The fourth-order valence-corrected chi connectivity index (χ4v) is 0. The van der Waals surface area contributed by atoms with Crippen molar-refractivity contribution in [2.24, 2.45) is 0 Å². The van der Waals surface area contributed by atoms with Gasteiger partial charge >= 0.3 is 0 Å². The van der Waals surface area contributed by atoms with Crippen LogP contribution in [-0.4, -0.2) is 19.4 Å². The molecular formula is H4BFPSi. The molecule has 0 N–H and O–H groups in total. The first-order valence-corrected chi connectivity index (χ1v) is 0. The molecule has 0 heterocycles. The molecule has 0 aliphatic heterocycles. The van der Waals surface area contributed by atoms with Crippen LogP contribution in [0.15, 0.2) is 0 Å².